The van der Waals surface area contributed by atoms with Gasteiger partial charge in [-0.15, -0.1) is 0 Å². The minimum atomic E-state index is -0.172. The maximum atomic E-state index is 10.0. The van der Waals surface area contributed by atoms with Gasteiger partial charge in [0, 0.05) is 0 Å². The van der Waals surface area contributed by atoms with E-state index in [0.717, 1.165) is 6.42 Å². The quantitative estimate of drug-likeness (QED) is 0.0460. The van der Waals surface area contributed by atoms with Crippen LogP contribution in [-0.4, -0.2) is 6.61 Å². The van der Waals surface area contributed by atoms with Crippen molar-refractivity contribution in [1.82, 2.24) is 0 Å². The van der Waals surface area contributed by atoms with E-state index in [2.05, 4.69) is 34.6 Å². The highest BCUT2D eigenvalue weighted by molar-refractivity contribution is 7.17. The van der Waals surface area contributed by atoms with Crippen molar-refractivity contribution in [3.05, 3.63) is 0 Å². The molecule has 0 saturated heterocycles. The van der Waals surface area contributed by atoms with E-state index in [-0.39, 0.29) is 8.69 Å². The molecule has 0 radical (unpaired) electrons. The van der Waals surface area contributed by atoms with Crippen molar-refractivity contribution in [1.29, 1.82) is 0 Å². The Labute approximate surface area is 327 Å². The molecule has 0 fully saturated rings. The third-order valence-electron chi connectivity index (χ3n) is 10.6. The largest absolute Gasteiger partial charge is 0.327 e. The van der Waals surface area contributed by atoms with E-state index in [1.807, 2.05) is 0 Å². The van der Waals surface area contributed by atoms with Crippen molar-refractivity contribution in [2.75, 3.05) is 6.61 Å². The summed E-state index contributed by atoms with van der Waals surface area (Å²) in [4.78, 5) is 0. The molecule has 3 heteroatoms. The molecule has 0 aromatic heterocycles. The standard InChI is InChI=1S/C16H33O2P.2C16H34/c1-2-3-4-5-6-7-8-9-10-11-12-13-14-15-16-18-19-17;2*1-3-5-7-9-11-13-15-16-14-12-10-8-6-4-2/h2-16H2,1H3;2*3-16H2,1-2H3. The molecular weight excluding hydrogens is 640 g/mol. The maximum Gasteiger partial charge on any atom is 0.327 e. The second-order valence-corrected chi connectivity index (χ2v) is 16.4. The predicted molar refractivity (Wildman–Crippen MR) is 236 cm³/mol. The molecule has 0 amide bonds. The van der Waals surface area contributed by atoms with Gasteiger partial charge in [-0.2, -0.15) is 0 Å². The normalized spacial score (nSPS) is 11.0. The molecule has 2 nitrogen and oxygen atoms in total. The zero-order valence-corrected chi connectivity index (χ0v) is 37.6. The average Bonchev–Trinajstić information content (AvgIpc) is 3.15. The van der Waals surface area contributed by atoms with Gasteiger partial charge in [0.25, 0.3) is 0 Å². The summed E-state index contributed by atoms with van der Waals surface area (Å²) in [6.07, 6.45) is 59.9. The summed E-state index contributed by atoms with van der Waals surface area (Å²) in [6.45, 7) is 12.1. The van der Waals surface area contributed by atoms with E-state index < -0.39 is 0 Å². The van der Waals surface area contributed by atoms with E-state index in [0.29, 0.717) is 6.61 Å². The van der Waals surface area contributed by atoms with Crippen molar-refractivity contribution < 1.29 is 9.09 Å². The van der Waals surface area contributed by atoms with Gasteiger partial charge in [0.05, 0.1) is 6.61 Å². The Bertz CT molecular complexity index is 483. The van der Waals surface area contributed by atoms with Gasteiger partial charge in [0.15, 0.2) is 0 Å². The lowest BCUT2D eigenvalue weighted by Gasteiger charge is -2.02. The van der Waals surface area contributed by atoms with Gasteiger partial charge in [-0.05, 0) is 6.42 Å². The Kier molecular flexibility index (Phi) is 64.5. The number of hydrogen-bond acceptors (Lipinski definition) is 2. The van der Waals surface area contributed by atoms with Crippen LogP contribution in [0, 0.1) is 0 Å². The summed E-state index contributed by atoms with van der Waals surface area (Å²) in [6, 6.07) is 0. The monoisotopic (exact) mass is 741 g/mol. The van der Waals surface area contributed by atoms with Gasteiger partial charge in [0.1, 0.15) is 0 Å². The van der Waals surface area contributed by atoms with Crippen LogP contribution in [0.25, 0.3) is 0 Å². The summed E-state index contributed by atoms with van der Waals surface area (Å²) >= 11 is 0. The van der Waals surface area contributed by atoms with Crippen molar-refractivity contribution in [3.63, 3.8) is 0 Å². The molecule has 0 heterocycles. The fourth-order valence-electron chi connectivity index (χ4n) is 6.93. The van der Waals surface area contributed by atoms with E-state index in [9.17, 15) is 4.57 Å². The molecule has 0 aromatic rings. The zero-order chi connectivity index (χ0) is 37.8. The second kappa shape index (κ2) is 59.3. The van der Waals surface area contributed by atoms with Crippen LogP contribution in [0.4, 0.5) is 0 Å². The minimum Gasteiger partial charge on any atom is -0.294 e. The first kappa shape index (κ1) is 55.4. The van der Waals surface area contributed by atoms with E-state index in [1.54, 1.807) is 0 Å². The summed E-state index contributed by atoms with van der Waals surface area (Å²) in [5.41, 5.74) is 0. The number of unbranched alkanes of at least 4 members (excludes halogenated alkanes) is 39. The third kappa shape index (κ3) is 65.4. The average molecular weight is 741 g/mol. The topological polar surface area (TPSA) is 26.3 Å². The van der Waals surface area contributed by atoms with Crippen molar-refractivity contribution in [2.45, 2.75) is 304 Å². The first-order valence-electron chi connectivity index (χ1n) is 24.2. The summed E-state index contributed by atoms with van der Waals surface area (Å²) in [7, 11) is -0.172. The van der Waals surface area contributed by atoms with Gasteiger partial charge in [-0.1, -0.05) is 298 Å². The van der Waals surface area contributed by atoms with Crippen LogP contribution in [0.15, 0.2) is 0 Å². The minimum absolute atomic E-state index is 0.172. The molecular formula is C48H101O2P. The molecule has 310 valence electrons. The van der Waals surface area contributed by atoms with Gasteiger partial charge >= 0.3 is 8.69 Å². The molecule has 0 N–H and O–H groups in total. The van der Waals surface area contributed by atoms with Crippen LogP contribution in [-0.2, 0) is 9.09 Å². The highest BCUT2D eigenvalue weighted by Crippen LogP contribution is 2.15. The molecule has 0 unspecified atom stereocenters. The van der Waals surface area contributed by atoms with Crippen LogP contribution in [0.5, 0.6) is 0 Å². The van der Waals surface area contributed by atoms with Crippen LogP contribution in [0.2, 0.25) is 0 Å². The summed E-state index contributed by atoms with van der Waals surface area (Å²) in [5, 5.41) is 0. The highest BCUT2D eigenvalue weighted by atomic mass is 31.1. The van der Waals surface area contributed by atoms with Gasteiger partial charge in [0.2, 0.25) is 0 Å². The van der Waals surface area contributed by atoms with Crippen LogP contribution in [0.3, 0.4) is 0 Å². The first-order valence-corrected chi connectivity index (χ1v) is 24.9. The molecule has 0 aliphatic rings. The second-order valence-electron chi connectivity index (χ2n) is 16.0. The van der Waals surface area contributed by atoms with Crippen LogP contribution < -0.4 is 0 Å². The first-order chi connectivity index (χ1) is 25.2. The van der Waals surface area contributed by atoms with E-state index in [1.165, 1.54) is 263 Å². The van der Waals surface area contributed by atoms with E-state index >= 15 is 0 Å². The Morgan fingerprint density at radius 2 is 0.373 bits per heavy atom. The molecule has 0 bridgehead atoms. The fraction of sp³-hybridized carbons (Fsp3) is 1.00. The van der Waals surface area contributed by atoms with Crippen molar-refractivity contribution in [2.24, 2.45) is 0 Å². The van der Waals surface area contributed by atoms with Gasteiger partial charge in [-0.3, -0.25) is 4.52 Å². The smallest absolute Gasteiger partial charge is 0.294 e. The lowest BCUT2D eigenvalue weighted by Crippen LogP contribution is -1.86. The fourth-order valence-corrected chi connectivity index (χ4v) is 7.14. The maximum absolute atomic E-state index is 10.0. The summed E-state index contributed by atoms with van der Waals surface area (Å²) < 4.78 is 14.8. The molecule has 0 saturated carbocycles. The Morgan fingerprint density at radius 3 is 0.510 bits per heavy atom. The zero-order valence-electron chi connectivity index (χ0n) is 36.7. The number of hydrogen-bond donors (Lipinski definition) is 0. The lowest BCUT2D eigenvalue weighted by atomic mass is 10.0. The summed E-state index contributed by atoms with van der Waals surface area (Å²) in [5.74, 6) is 0. The Hall–Kier alpha value is 0.0600. The molecule has 0 aromatic carbocycles. The van der Waals surface area contributed by atoms with Crippen LogP contribution in [0.1, 0.15) is 304 Å². The van der Waals surface area contributed by atoms with Crippen molar-refractivity contribution >= 4 is 8.69 Å². The lowest BCUT2D eigenvalue weighted by molar-refractivity contribution is 0.328. The molecule has 0 aliphatic carbocycles. The van der Waals surface area contributed by atoms with Crippen molar-refractivity contribution in [3.8, 4) is 0 Å². The molecule has 0 spiro atoms. The highest BCUT2D eigenvalue weighted by Gasteiger charge is 1.96. The molecule has 0 aliphatic heterocycles. The SMILES string of the molecule is CCCCCCCCCCCCCCCC.CCCCCCCCCCCCCCCC.CCCCCCCCCCCCCCCCOP=O. The molecule has 0 rings (SSSR count). The Morgan fingerprint density at radius 1 is 0.235 bits per heavy atom. The van der Waals surface area contributed by atoms with E-state index in [4.69, 9.17) is 4.52 Å². The van der Waals surface area contributed by atoms with Crippen LogP contribution >= 0.6 is 8.69 Å². The molecule has 51 heavy (non-hydrogen) atoms. The van der Waals surface area contributed by atoms with Gasteiger partial charge < -0.3 is 0 Å². The predicted octanol–water partition coefficient (Wildman–Crippen LogP) is 19.7. The Balaban J connectivity index is -0.000000681. The van der Waals surface area contributed by atoms with Gasteiger partial charge in [-0.25, -0.2) is 4.57 Å². The number of rotatable bonds is 42. The molecule has 0 atom stereocenters. The third-order valence-corrected chi connectivity index (χ3v) is 10.8.